The largest absolute Gasteiger partial charge is 0.357 e. The Kier molecular flexibility index (Phi) is 6.18. The van der Waals surface area contributed by atoms with Crippen molar-refractivity contribution in [3.05, 3.63) is 12.2 Å². The first-order chi connectivity index (χ1) is 10.6. The summed E-state index contributed by atoms with van der Waals surface area (Å²) in [6.07, 6.45) is 3.88. The Labute approximate surface area is 133 Å². The van der Waals surface area contributed by atoms with Crippen LogP contribution in [0.3, 0.4) is 0 Å². The summed E-state index contributed by atoms with van der Waals surface area (Å²) in [6.45, 7) is 10.3. The van der Waals surface area contributed by atoms with E-state index < -0.39 is 0 Å². The van der Waals surface area contributed by atoms with Gasteiger partial charge >= 0.3 is 0 Å². The third-order valence-corrected chi connectivity index (χ3v) is 4.13. The summed E-state index contributed by atoms with van der Waals surface area (Å²) < 4.78 is 1.76. The predicted molar refractivity (Wildman–Crippen MR) is 88.7 cm³/mol. The molecular weight excluding hydrogens is 278 g/mol. The molecule has 0 saturated carbocycles. The SMILES string of the molecule is CCNC(=NCc1ncnn1C)NC1CCN(C(C)C)CC1. The summed E-state index contributed by atoms with van der Waals surface area (Å²) in [4.78, 5) is 11.4. The van der Waals surface area contributed by atoms with E-state index in [2.05, 4.69) is 51.4 Å². The fourth-order valence-electron chi connectivity index (χ4n) is 2.69. The van der Waals surface area contributed by atoms with Crippen LogP contribution in [0, 0.1) is 0 Å². The number of aliphatic imine (C=N–C) groups is 1. The van der Waals surface area contributed by atoms with Gasteiger partial charge in [0.25, 0.3) is 0 Å². The van der Waals surface area contributed by atoms with Crippen molar-refractivity contribution >= 4 is 5.96 Å². The maximum absolute atomic E-state index is 4.62. The molecule has 7 heteroatoms. The Balaban J connectivity index is 1.88. The van der Waals surface area contributed by atoms with Gasteiger partial charge in [-0.25, -0.2) is 9.98 Å². The second-order valence-electron chi connectivity index (χ2n) is 6.04. The first-order valence-electron chi connectivity index (χ1n) is 8.22. The number of likely N-dealkylation sites (tertiary alicyclic amines) is 1. The molecule has 0 bridgehead atoms. The fourth-order valence-corrected chi connectivity index (χ4v) is 2.69. The molecular formula is C15H29N7. The van der Waals surface area contributed by atoms with Crippen LogP contribution in [0.15, 0.2) is 11.3 Å². The Morgan fingerprint density at radius 3 is 2.68 bits per heavy atom. The third-order valence-electron chi connectivity index (χ3n) is 4.13. The zero-order valence-electron chi connectivity index (χ0n) is 14.2. The lowest BCUT2D eigenvalue weighted by Crippen LogP contribution is -2.49. The number of rotatable bonds is 5. The van der Waals surface area contributed by atoms with Gasteiger partial charge in [-0.05, 0) is 33.6 Å². The smallest absolute Gasteiger partial charge is 0.191 e. The molecule has 1 aromatic heterocycles. The van der Waals surface area contributed by atoms with Crippen molar-refractivity contribution in [1.29, 1.82) is 0 Å². The summed E-state index contributed by atoms with van der Waals surface area (Å²) >= 11 is 0. The van der Waals surface area contributed by atoms with Crippen molar-refractivity contribution in [3.8, 4) is 0 Å². The average Bonchev–Trinajstić information content (AvgIpc) is 2.91. The minimum Gasteiger partial charge on any atom is -0.357 e. The van der Waals surface area contributed by atoms with Gasteiger partial charge in [0.1, 0.15) is 18.7 Å². The second-order valence-corrected chi connectivity index (χ2v) is 6.04. The molecule has 22 heavy (non-hydrogen) atoms. The minimum absolute atomic E-state index is 0.493. The van der Waals surface area contributed by atoms with Crippen molar-refractivity contribution < 1.29 is 0 Å². The first kappa shape index (κ1) is 16.7. The van der Waals surface area contributed by atoms with Crippen LogP contribution in [0.4, 0.5) is 0 Å². The van der Waals surface area contributed by atoms with E-state index in [-0.39, 0.29) is 0 Å². The molecule has 1 aliphatic heterocycles. The molecule has 0 atom stereocenters. The number of piperidine rings is 1. The van der Waals surface area contributed by atoms with E-state index in [0.29, 0.717) is 18.6 Å². The van der Waals surface area contributed by atoms with Crippen LogP contribution in [-0.4, -0.2) is 57.3 Å². The lowest BCUT2D eigenvalue weighted by Gasteiger charge is -2.35. The quantitative estimate of drug-likeness (QED) is 0.620. The summed E-state index contributed by atoms with van der Waals surface area (Å²) in [5.74, 6) is 1.74. The van der Waals surface area contributed by atoms with Crippen LogP contribution < -0.4 is 10.6 Å². The van der Waals surface area contributed by atoms with Gasteiger partial charge in [-0.3, -0.25) is 4.68 Å². The lowest BCUT2D eigenvalue weighted by molar-refractivity contribution is 0.167. The molecule has 0 aromatic carbocycles. The first-order valence-corrected chi connectivity index (χ1v) is 8.22. The lowest BCUT2D eigenvalue weighted by atomic mass is 10.0. The van der Waals surface area contributed by atoms with Crippen LogP contribution in [0.2, 0.25) is 0 Å². The van der Waals surface area contributed by atoms with E-state index in [9.17, 15) is 0 Å². The van der Waals surface area contributed by atoms with Gasteiger partial charge < -0.3 is 15.5 Å². The van der Waals surface area contributed by atoms with E-state index in [1.165, 1.54) is 0 Å². The number of nitrogens with zero attached hydrogens (tertiary/aromatic N) is 5. The molecule has 1 saturated heterocycles. The maximum atomic E-state index is 4.62. The van der Waals surface area contributed by atoms with E-state index in [1.807, 2.05) is 7.05 Å². The maximum Gasteiger partial charge on any atom is 0.191 e. The average molecular weight is 307 g/mol. The number of hydrogen-bond donors (Lipinski definition) is 2. The van der Waals surface area contributed by atoms with Gasteiger partial charge in [-0.2, -0.15) is 5.10 Å². The van der Waals surface area contributed by atoms with Crippen molar-refractivity contribution in [2.75, 3.05) is 19.6 Å². The Morgan fingerprint density at radius 1 is 1.41 bits per heavy atom. The van der Waals surface area contributed by atoms with Crippen molar-refractivity contribution in [3.63, 3.8) is 0 Å². The topological polar surface area (TPSA) is 70.4 Å². The summed E-state index contributed by atoms with van der Waals surface area (Å²) in [5.41, 5.74) is 0. The molecule has 0 aliphatic carbocycles. The highest BCUT2D eigenvalue weighted by atomic mass is 15.3. The van der Waals surface area contributed by atoms with Crippen LogP contribution in [0.25, 0.3) is 0 Å². The normalized spacial score (nSPS) is 18.0. The van der Waals surface area contributed by atoms with E-state index in [0.717, 1.165) is 44.3 Å². The predicted octanol–water partition coefficient (Wildman–Crippen LogP) is 0.743. The monoisotopic (exact) mass is 307 g/mol. The van der Waals surface area contributed by atoms with Crippen LogP contribution in [0.1, 0.15) is 39.4 Å². The Morgan fingerprint density at radius 2 is 2.14 bits per heavy atom. The van der Waals surface area contributed by atoms with Crippen molar-refractivity contribution in [2.45, 2.75) is 52.2 Å². The molecule has 0 unspecified atom stereocenters. The van der Waals surface area contributed by atoms with Gasteiger partial charge in [0.15, 0.2) is 5.96 Å². The molecule has 1 fully saturated rings. The Hall–Kier alpha value is -1.63. The molecule has 2 N–H and O–H groups in total. The molecule has 7 nitrogen and oxygen atoms in total. The van der Waals surface area contributed by atoms with Gasteiger partial charge in [0.2, 0.25) is 0 Å². The number of guanidine groups is 1. The van der Waals surface area contributed by atoms with Gasteiger partial charge in [0, 0.05) is 38.8 Å². The molecule has 124 valence electrons. The van der Waals surface area contributed by atoms with Gasteiger partial charge in [-0.1, -0.05) is 0 Å². The third kappa shape index (κ3) is 4.69. The van der Waals surface area contributed by atoms with Crippen LogP contribution in [0.5, 0.6) is 0 Å². The molecule has 0 radical (unpaired) electrons. The number of nitrogens with one attached hydrogen (secondary N) is 2. The highest BCUT2D eigenvalue weighted by molar-refractivity contribution is 5.80. The molecule has 2 rings (SSSR count). The van der Waals surface area contributed by atoms with E-state index in [1.54, 1.807) is 11.0 Å². The van der Waals surface area contributed by atoms with E-state index in [4.69, 9.17) is 0 Å². The van der Waals surface area contributed by atoms with Gasteiger partial charge in [-0.15, -0.1) is 0 Å². The molecule has 1 aliphatic rings. The minimum atomic E-state index is 0.493. The number of aryl methyl sites for hydroxylation is 1. The zero-order chi connectivity index (χ0) is 15.9. The summed E-state index contributed by atoms with van der Waals surface area (Å²) in [6, 6.07) is 1.13. The fraction of sp³-hybridized carbons (Fsp3) is 0.800. The number of hydrogen-bond acceptors (Lipinski definition) is 4. The standard InChI is InChI=1S/C15H29N7/c1-5-16-15(17-10-14-18-11-19-21(14)4)20-13-6-8-22(9-7-13)12(2)3/h11-13H,5-10H2,1-4H3,(H2,16,17,20). The number of aromatic nitrogens is 3. The molecule has 0 amide bonds. The van der Waals surface area contributed by atoms with Gasteiger partial charge in [0.05, 0.1) is 0 Å². The zero-order valence-corrected chi connectivity index (χ0v) is 14.2. The summed E-state index contributed by atoms with van der Waals surface area (Å²) in [7, 11) is 1.89. The molecule has 0 spiro atoms. The highest BCUT2D eigenvalue weighted by Gasteiger charge is 2.21. The highest BCUT2D eigenvalue weighted by Crippen LogP contribution is 2.12. The van der Waals surface area contributed by atoms with Crippen LogP contribution >= 0.6 is 0 Å². The summed E-state index contributed by atoms with van der Waals surface area (Å²) in [5, 5.41) is 10.9. The molecule has 2 heterocycles. The van der Waals surface area contributed by atoms with Crippen LogP contribution in [-0.2, 0) is 13.6 Å². The van der Waals surface area contributed by atoms with Crippen molar-refractivity contribution in [1.82, 2.24) is 30.3 Å². The van der Waals surface area contributed by atoms with Crippen molar-refractivity contribution in [2.24, 2.45) is 12.0 Å². The Bertz CT molecular complexity index is 472. The van der Waals surface area contributed by atoms with E-state index >= 15 is 0 Å². The molecule has 1 aromatic rings. The second kappa shape index (κ2) is 8.12.